The van der Waals surface area contributed by atoms with Gasteiger partial charge in [-0.15, -0.1) is 0 Å². The molecule has 2 aliphatic rings. The van der Waals surface area contributed by atoms with Gasteiger partial charge >= 0.3 is 5.69 Å². The van der Waals surface area contributed by atoms with Crippen LogP contribution in [-0.4, -0.2) is 43.9 Å². The molecule has 2 fully saturated rings. The van der Waals surface area contributed by atoms with E-state index in [1.807, 2.05) is 0 Å². The summed E-state index contributed by atoms with van der Waals surface area (Å²) >= 11 is 0. The van der Waals surface area contributed by atoms with Crippen molar-refractivity contribution in [3.05, 3.63) is 33.1 Å². The molecule has 2 heterocycles. The number of aromatic amines is 1. The number of aliphatic hydroxyl groups is 2. The maximum atomic E-state index is 12.1. The van der Waals surface area contributed by atoms with E-state index in [1.165, 1.54) is 16.8 Å². The molecule has 23 heavy (non-hydrogen) atoms. The monoisotopic (exact) mass is 326 g/mol. The lowest BCUT2D eigenvalue weighted by atomic mass is 9.98. The number of rotatable bonds is 4. The van der Waals surface area contributed by atoms with Gasteiger partial charge in [0.1, 0.15) is 5.60 Å². The standard InChI is InChI=1S/C15H22N2O6/c1-14(23-15(21)5-2-3-6-15)8-10(9-18)22-12(14)17-7-4-11(19)16-13(17)20/h4,7,10,12,18,21H,2-3,5-6,8-9H2,1H3,(H,16,19,20). The first-order chi connectivity index (χ1) is 10.9. The minimum Gasteiger partial charge on any atom is -0.394 e. The van der Waals surface area contributed by atoms with Crippen LogP contribution in [0.5, 0.6) is 0 Å². The zero-order chi connectivity index (χ0) is 16.7. The fourth-order valence-electron chi connectivity index (χ4n) is 3.56. The first kappa shape index (κ1) is 16.4. The largest absolute Gasteiger partial charge is 0.394 e. The van der Waals surface area contributed by atoms with Crippen LogP contribution in [0.15, 0.2) is 21.9 Å². The summed E-state index contributed by atoms with van der Waals surface area (Å²) < 4.78 is 13.0. The quantitative estimate of drug-likeness (QED) is 0.663. The fraction of sp³-hybridized carbons (Fsp3) is 0.733. The summed E-state index contributed by atoms with van der Waals surface area (Å²) in [6, 6.07) is 1.22. The third kappa shape index (κ3) is 3.12. The Bertz CT molecular complexity index is 677. The molecule has 3 atom stereocenters. The molecule has 0 amide bonds. The van der Waals surface area contributed by atoms with E-state index < -0.39 is 35.0 Å². The minimum atomic E-state index is -1.24. The van der Waals surface area contributed by atoms with Crippen molar-refractivity contribution in [1.82, 2.24) is 9.55 Å². The molecule has 1 saturated carbocycles. The summed E-state index contributed by atoms with van der Waals surface area (Å²) in [6.45, 7) is 1.53. The van der Waals surface area contributed by atoms with E-state index in [4.69, 9.17) is 9.47 Å². The summed E-state index contributed by atoms with van der Waals surface area (Å²) in [6.07, 6.45) is 3.13. The molecular formula is C15H22N2O6. The Labute approximate surface area is 132 Å². The molecule has 8 heteroatoms. The van der Waals surface area contributed by atoms with Crippen LogP contribution in [0.3, 0.4) is 0 Å². The van der Waals surface area contributed by atoms with Crippen molar-refractivity contribution in [2.45, 2.75) is 62.7 Å². The molecule has 128 valence electrons. The van der Waals surface area contributed by atoms with Crippen LogP contribution in [0.25, 0.3) is 0 Å². The number of H-pyrrole nitrogens is 1. The van der Waals surface area contributed by atoms with Gasteiger partial charge < -0.3 is 19.7 Å². The lowest BCUT2D eigenvalue weighted by Gasteiger charge is -2.37. The average Bonchev–Trinajstić information content (AvgIpc) is 3.03. The van der Waals surface area contributed by atoms with Crippen LogP contribution >= 0.6 is 0 Å². The number of hydrogen-bond donors (Lipinski definition) is 3. The highest BCUT2D eigenvalue weighted by molar-refractivity contribution is 4.97. The predicted octanol–water partition coefficient (Wildman–Crippen LogP) is -0.146. The van der Waals surface area contributed by atoms with E-state index in [0.29, 0.717) is 19.3 Å². The number of aliphatic hydroxyl groups excluding tert-OH is 1. The zero-order valence-electron chi connectivity index (χ0n) is 13.0. The molecule has 0 bridgehead atoms. The Morgan fingerprint density at radius 1 is 1.43 bits per heavy atom. The van der Waals surface area contributed by atoms with Gasteiger partial charge in [-0.3, -0.25) is 14.3 Å². The van der Waals surface area contributed by atoms with Crippen molar-refractivity contribution in [3.8, 4) is 0 Å². The number of aromatic nitrogens is 2. The molecular weight excluding hydrogens is 304 g/mol. The maximum absolute atomic E-state index is 12.1. The van der Waals surface area contributed by atoms with Crippen molar-refractivity contribution in [2.24, 2.45) is 0 Å². The van der Waals surface area contributed by atoms with Gasteiger partial charge in [-0.05, 0) is 19.8 Å². The van der Waals surface area contributed by atoms with Gasteiger partial charge in [0.2, 0.25) is 0 Å². The van der Waals surface area contributed by atoms with Crippen LogP contribution in [-0.2, 0) is 9.47 Å². The molecule has 1 saturated heterocycles. The van der Waals surface area contributed by atoms with Gasteiger partial charge in [0, 0.05) is 31.5 Å². The molecule has 1 aromatic heterocycles. The van der Waals surface area contributed by atoms with E-state index in [2.05, 4.69) is 4.98 Å². The van der Waals surface area contributed by atoms with Crippen LogP contribution in [0, 0.1) is 0 Å². The van der Waals surface area contributed by atoms with E-state index in [0.717, 1.165) is 12.8 Å². The molecule has 1 aromatic rings. The van der Waals surface area contributed by atoms with Gasteiger partial charge in [0.05, 0.1) is 12.7 Å². The van der Waals surface area contributed by atoms with E-state index >= 15 is 0 Å². The second kappa shape index (κ2) is 5.86. The Balaban J connectivity index is 1.95. The van der Waals surface area contributed by atoms with Crippen molar-refractivity contribution >= 4 is 0 Å². The third-order valence-electron chi connectivity index (χ3n) is 4.59. The Morgan fingerprint density at radius 3 is 2.74 bits per heavy atom. The predicted molar refractivity (Wildman–Crippen MR) is 79.8 cm³/mol. The van der Waals surface area contributed by atoms with Crippen LogP contribution in [0.1, 0.15) is 45.3 Å². The van der Waals surface area contributed by atoms with Gasteiger partial charge in [0.25, 0.3) is 5.56 Å². The van der Waals surface area contributed by atoms with Crippen LogP contribution in [0.2, 0.25) is 0 Å². The molecule has 8 nitrogen and oxygen atoms in total. The van der Waals surface area contributed by atoms with Gasteiger partial charge in [-0.2, -0.15) is 0 Å². The molecule has 3 unspecified atom stereocenters. The summed E-state index contributed by atoms with van der Waals surface area (Å²) in [7, 11) is 0. The van der Waals surface area contributed by atoms with Gasteiger partial charge in [-0.1, -0.05) is 0 Å². The average molecular weight is 326 g/mol. The molecule has 3 rings (SSSR count). The summed E-state index contributed by atoms with van der Waals surface area (Å²) in [4.78, 5) is 25.5. The fourth-order valence-corrected chi connectivity index (χ4v) is 3.56. The maximum Gasteiger partial charge on any atom is 0.330 e. The number of hydrogen-bond acceptors (Lipinski definition) is 6. The Hall–Kier alpha value is -1.48. The lowest BCUT2D eigenvalue weighted by Crippen LogP contribution is -2.47. The van der Waals surface area contributed by atoms with Crippen molar-refractivity contribution < 1.29 is 19.7 Å². The van der Waals surface area contributed by atoms with Gasteiger partial charge in [-0.25, -0.2) is 4.79 Å². The molecule has 0 radical (unpaired) electrons. The molecule has 1 aliphatic heterocycles. The molecule has 1 aliphatic carbocycles. The summed E-state index contributed by atoms with van der Waals surface area (Å²) in [5, 5.41) is 20.0. The first-order valence-electron chi connectivity index (χ1n) is 7.86. The smallest absolute Gasteiger partial charge is 0.330 e. The highest BCUT2D eigenvalue weighted by Gasteiger charge is 2.52. The van der Waals surface area contributed by atoms with Crippen LogP contribution in [0.4, 0.5) is 0 Å². The third-order valence-corrected chi connectivity index (χ3v) is 4.59. The number of nitrogens with one attached hydrogen (secondary N) is 1. The van der Waals surface area contributed by atoms with E-state index in [1.54, 1.807) is 6.92 Å². The van der Waals surface area contributed by atoms with Crippen molar-refractivity contribution in [3.63, 3.8) is 0 Å². The van der Waals surface area contributed by atoms with E-state index in [-0.39, 0.29) is 6.61 Å². The Morgan fingerprint density at radius 2 is 2.13 bits per heavy atom. The summed E-state index contributed by atoms with van der Waals surface area (Å²) in [5.74, 6) is -1.24. The Kier molecular flexibility index (Phi) is 4.18. The zero-order valence-corrected chi connectivity index (χ0v) is 13.0. The highest BCUT2D eigenvalue weighted by Crippen LogP contribution is 2.45. The first-order valence-corrected chi connectivity index (χ1v) is 7.86. The van der Waals surface area contributed by atoms with Crippen LogP contribution < -0.4 is 11.2 Å². The van der Waals surface area contributed by atoms with E-state index in [9.17, 15) is 19.8 Å². The van der Waals surface area contributed by atoms with Crippen molar-refractivity contribution in [1.29, 1.82) is 0 Å². The SMILES string of the molecule is CC1(OC2(O)CCCC2)CC(CO)OC1n1ccc(=O)[nH]c1=O. The lowest BCUT2D eigenvalue weighted by molar-refractivity contribution is -0.276. The molecule has 0 spiro atoms. The number of nitrogens with zero attached hydrogens (tertiary/aromatic N) is 1. The molecule has 3 N–H and O–H groups in total. The van der Waals surface area contributed by atoms with Gasteiger partial charge in [0.15, 0.2) is 12.0 Å². The normalized spacial score (nSPS) is 33.2. The topological polar surface area (TPSA) is 114 Å². The van der Waals surface area contributed by atoms with Crippen molar-refractivity contribution in [2.75, 3.05) is 6.61 Å². The molecule has 0 aromatic carbocycles. The summed E-state index contributed by atoms with van der Waals surface area (Å²) in [5.41, 5.74) is -2.11. The highest BCUT2D eigenvalue weighted by atomic mass is 16.7. The minimum absolute atomic E-state index is 0.216. The second-order valence-corrected chi connectivity index (χ2v) is 6.58. The second-order valence-electron chi connectivity index (χ2n) is 6.58. The number of ether oxygens (including phenoxy) is 2.